The van der Waals surface area contributed by atoms with Crippen molar-refractivity contribution in [3.8, 4) is 11.5 Å². The molecule has 1 aromatic rings. The van der Waals surface area contributed by atoms with Crippen LogP contribution in [-0.2, 0) is 9.84 Å². The highest BCUT2D eigenvalue weighted by Crippen LogP contribution is 2.29. The zero-order chi connectivity index (χ0) is 16.9. The third kappa shape index (κ3) is 6.39. The molecular weight excluding hydrogens is 314 g/mol. The Balaban J connectivity index is 1.75. The van der Waals surface area contributed by atoms with Gasteiger partial charge in [0, 0.05) is 24.9 Å². The van der Waals surface area contributed by atoms with Gasteiger partial charge in [0.05, 0.1) is 19.5 Å². The lowest BCUT2D eigenvalue weighted by Gasteiger charge is -2.28. The van der Waals surface area contributed by atoms with E-state index >= 15 is 0 Å². The summed E-state index contributed by atoms with van der Waals surface area (Å²) in [5, 5.41) is 0. The van der Waals surface area contributed by atoms with E-state index in [0.717, 1.165) is 24.5 Å². The molecule has 130 valence electrons. The molecule has 0 heterocycles. The Labute approximate surface area is 139 Å². The van der Waals surface area contributed by atoms with Gasteiger partial charge >= 0.3 is 0 Å². The third-order valence-corrected chi connectivity index (χ3v) is 5.10. The molecule has 0 N–H and O–H groups in total. The second kappa shape index (κ2) is 8.02. The minimum atomic E-state index is -2.94. The lowest BCUT2D eigenvalue weighted by Crippen LogP contribution is -2.40. The maximum atomic E-state index is 11.5. The number of methoxy groups -OCH3 is 1. The smallest absolute Gasteiger partial charge is 0.148 e. The molecule has 23 heavy (non-hydrogen) atoms. The average Bonchev–Trinajstić information content (AvgIpc) is 3.30. The van der Waals surface area contributed by atoms with Gasteiger partial charge in [-0.05, 0) is 50.5 Å². The molecule has 0 radical (unpaired) electrons. The first-order valence-corrected chi connectivity index (χ1v) is 10.2. The van der Waals surface area contributed by atoms with E-state index in [0.29, 0.717) is 12.6 Å². The van der Waals surface area contributed by atoms with Gasteiger partial charge in [-0.15, -0.1) is 0 Å². The normalized spacial score (nSPS) is 16.3. The maximum Gasteiger partial charge on any atom is 0.148 e. The van der Waals surface area contributed by atoms with Crippen molar-refractivity contribution in [2.75, 3.05) is 32.3 Å². The summed E-state index contributed by atoms with van der Waals surface area (Å²) in [5.74, 6) is 1.86. The Hall–Kier alpha value is -1.27. The van der Waals surface area contributed by atoms with Crippen molar-refractivity contribution in [2.24, 2.45) is 0 Å². The highest BCUT2D eigenvalue weighted by atomic mass is 32.2. The average molecular weight is 341 g/mol. The zero-order valence-electron chi connectivity index (χ0n) is 14.2. The molecule has 0 aromatic heterocycles. The Morgan fingerprint density at radius 1 is 1.22 bits per heavy atom. The lowest BCUT2D eigenvalue weighted by atomic mass is 10.2. The first-order chi connectivity index (χ1) is 10.9. The quantitative estimate of drug-likeness (QED) is 0.612. The number of hydrogen-bond donors (Lipinski definition) is 0. The summed E-state index contributed by atoms with van der Waals surface area (Å²) in [6.07, 6.45) is 4.54. The van der Waals surface area contributed by atoms with Crippen LogP contribution in [0.5, 0.6) is 11.5 Å². The number of hydrogen-bond acceptors (Lipinski definition) is 5. The summed E-state index contributed by atoms with van der Waals surface area (Å²) < 4.78 is 33.8. The van der Waals surface area contributed by atoms with E-state index in [2.05, 4.69) is 4.90 Å². The second-order valence-corrected chi connectivity index (χ2v) is 8.47. The number of ether oxygens (including phenoxy) is 2. The van der Waals surface area contributed by atoms with Crippen molar-refractivity contribution < 1.29 is 17.9 Å². The molecule has 1 aliphatic rings. The van der Waals surface area contributed by atoms with Gasteiger partial charge < -0.3 is 9.47 Å². The van der Waals surface area contributed by atoms with E-state index in [-0.39, 0.29) is 11.8 Å². The molecule has 0 bridgehead atoms. The van der Waals surface area contributed by atoms with Gasteiger partial charge in [-0.25, -0.2) is 8.42 Å². The number of nitrogens with zero attached hydrogens (tertiary/aromatic N) is 1. The van der Waals surface area contributed by atoms with Crippen LogP contribution in [0.4, 0.5) is 0 Å². The fraction of sp³-hybridized carbons (Fsp3) is 0.647. The molecule has 1 saturated carbocycles. The molecule has 0 aliphatic heterocycles. The van der Waals surface area contributed by atoms with Crippen LogP contribution in [0.2, 0.25) is 0 Å². The summed E-state index contributed by atoms with van der Waals surface area (Å²) in [4.78, 5) is 2.32. The van der Waals surface area contributed by atoms with Crippen molar-refractivity contribution in [3.63, 3.8) is 0 Å². The summed E-state index contributed by atoms with van der Waals surface area (Å²) in [6, 6.07) is 8.15. The van der Waals surface area contributed by atoms with Gasteiger partial charge in [0.1, 0.15) is 21.3 Å². The highest BCUT2D eigenvalue weighted by Gasteiger charge is 2.32. The van der Waals surface area contributed by atoms with Crippen molar-refractivity contribution in [1.82, 2.24) is 4.90 Å². The van der Waals surface area contributed by atoms with Crippen molar-refractivity contribution in [1.29, 1.82) is 0 Å². The molecule has 0 amide bonds. The van der Waals surface area contributed by atoms with Crippen LogP contribution in [0.1, 0.15) is 26.2 Å². The lowest BCUT2D eigenvalue weighted by molar-refractivity contribution is 0.191. The van der Waals surface area contributed by atoms with Crippen LogP contribution >= 0.6 is 0 Å². The fourth-order valence-electron chi connectivity index (χ4n) is 2.81. The molecule has 2 rings (SSSR count). The van der Waals surface area contributed by atoms with E-state index in [1.165, 1.54) is 19.1 Å². The van der Waals surface area contributed by atoms with Crippen LogP contribution in [0.15, 0.2) is 24.3 Å². The Kier molecular flexibility index (Phi) is 6.30. The van der Waals surface area contributed by atoms with Gasteiger partial charge in [-0.1, -0.05) is 0 Å². The molecule has 0 spiro atoms. The van der Waals surface area contributed by atoms with Crippen LogP contribution in [0.3, 0.4) is 0 Å². The molecule has 1 fully saturated rings. The van der Waals surface area contributed by atoms with E-state index in [1.54, 1.807) is 7.11 Å². The van der Waals surface area contributed by atoms with Crippen LogP contribution in [-0.4, -0.2) is 57.7 Å². The Morgan fingerprint density at radius 2 is 1.83 bits per heavy atom. The van der Waals surface area contributed by atoms with Crippen molar-refractivity contribution in [2.45, 2.75) is 38.3 Å². The third-order valence-electron chi connectivity index (χ3n) is 4.01. The first kappa shape index (κ1) is 18.1. The topological polar surface area (TPSA) is 55.8 Å². The molecule has 6 heteroatoms. The van der Waals surface area contributed by atoms with Crippen LogP contribution in [0.25, 0.3) is 0 Å². The molecule has 0 saturated heterocycles. The van der Waals surface area contributed by atoms with Crippen molar-refractivity contribution in [3.05, 3.63) is 24.3 Å². The number of benzene rings is 1. The van der Waals surface area contributed by atoms with E-state index < -0.39 is 9.84 Å². The highest BCUT2D eigenvalue weighted by molar-refractivity contribution is 7.90. The van der Waals surface area contributed by atoms with Crippen LogP contribution in [0, 0.1) is 0 Å². The predicted octanol–water partition coefficient (Wildman–Crippen LogP) is 2.36. The summed E-state index contributed by atoms with van der Waals surface area (Å²) in [6.45, 7) is 3.50. The molecular formula is C17H27NO4S. The fourth-order valence-corrected chi connectivity index (χ4v) is 3.88. The number of rotatable bonds is 10. The van der Waals surface area contributed by atoms with E-state index in [1.807, 2.05) is 31.2 Å². The predicted molar refractivity (Wildman–Crippen MR) is 92.0 cm³/mol. The SMILES string of the molecule is COc1ccc(OCCCN(C2CC2)[C@@H](C)CS(C)(=O)=O)cc1. The summed E-state index contributed by atoms with van der Waals surface area (Å²) in [7, 11) is -1.30. The van der Waals surface area contributed by atoms with Crippen LogP contribution < -0.4 is 9.47 Å². The minimum Gasteiger partial charge on any atom is -0.497 e. The molecule has 1 aliphatic carbocycles. The van der Waals surface area contributed by atoms with Gasteiger partial charge in [0.15, 0.2) is 0 Å². The van der Waals surface area contributed by atoms with Gasteiger partial charge in [-0.3, -0.25) is 4.90 Å². The summed E-state index contributed by atoms with van der Waals surface area (Å²) in [5.41, 5.74) is 0. The molecule has 5 nitrogen and oxygen atoms in total. The standard InChI is InChI=1S/C17H27NO4S/c1-14(13-23(3,19)20)18(15-5-6-15)11-4-12-22-17-9-7-16(21-2)8-10-17/h7-10,14-15H,4-6,11-13H2,1-3H3/t14-/m0/s1. The molecule has 1 aromatic carbocycles. The second-order valence-electron chi connectivity index (χ2n) is 6.29. The van der Waals surface area contributed by atoms with Gasteiger partial charge in [0.25, 0.3) is 0 Å². The van der Waals surface area contributed by atoms with Crippen molar-refractivity contribution >= 4 is 9.84 Å². The molecule has 1 atom stereocenters. The largest absolute Gasteiger partial charge is 0.497 e. The monoisotopic (exact) mass is 341 g/mol. The zero-order valence-corrected chi connectivity index (χ0v) is 15.0. The first-order valence-electron chi connectivity index (χ1n) is 8.09. The molecule has 0 unspecified atom stereocenters. The number of sulfone groups is 1. The van der Waals surface area contributed by atoms with Gasteiger partial charge in [-0.2, -0.15) is 0 Å². The summed E-state index contributed by atoms with van der Waals surface area (Å²) >= 11 is 0. The van der Waals surface area contributed by atoms with E-state index in [4.69, 9.17) is 9.47 Å². The maximum absolute atomic E-state index is 11.5. The van der Waals surface area contributed by atoms with E-state index in [9.17, 15) is 8.42 Å². The Morgan fingerprint density at radius 3 is 2.35 bits per heavy atom. The van der Waals surface area contributed by atoms with Gasteiger partial charge in [0.2, 0.25) is 0 Å². The minimum absolute atomic E-state index is 0.0680. The Bertz CT molecular complexity index is 581.